The normalized spacial score (nSPS) is 18.4. The van der Waals surface area contributed by atoms with Crippen LogP contribution in [0, 0.1) is 11.3 Å². The first-order valence-electron chi connectivity index (χ1n) is 3.67. The van der Waals surface area contributed by atoms with Crippen molar-refractivity contribution in [2.24, 2.45) is 5.16 Å². The Hall–Kier alpha value is -1.04. The molecule has 5 heteroatoms. The molecule has 0 unspecified atom stereocenters. The van der Waals surface area contributed by atoms with E-state index in [9.17, 15) is 0 Å². The van der Waals surface area contributed by atoms with Crippen molar-refractivity contribution in [2.45, 2.75) is 12.8 Å². The molecule has 0 aromatic heterocycles. The van der Waals surface area contributed by atoms with E-state index in [0.29, 0.717) is 20.4 Å². The molecule has 0 spiro atoms. The first-order chi connectivity index (χ1) is 6.38. The van der Waals surface area contributed by atoms with E-state index in [1.165, 1.54) is 0 Å². The zero-order valence-electron chi connectivity index (χ0n) is 6.80. The number of hydrogen-bond acceptors (Lipinski definition) is 4. The Bertz CT molecular complexity index is 328. The molecule has 0 aromatic rings. The van der Waals surface area contributed by atoms with Crippen LogP contribution < -0.4 is 0 Å². The van der Waals surface area contributed by atoms with Crippen LogP contribution in [0.5, 0.6) is 0 Å². The number of oxime groups is 1. The molecule has 0 bridgehead atoms. The van der Waals surface area contributed by atoms with E-state index in [2.05, 4.69) is 23.0 Å². The minimum atomic E-state index is 0.356. The minimum absolute atomic E-state index is 0.356. The largest absolute Gasteiger partial charge is 0.327 e. The lowest BCUT2D eigenvalue weighted by Crippen LogP contribution is -2.04. The summed E-state index contributed by atoms with van der Waals surface area (Å²) in [5.41, 5.74) is 1.70. The molecular weight excluding hydrogens is 203 g/mol. The Kier molecular flexibility index (Phi) is 4.31. The summed E-state index contributed by atoms with van der Waals surface area (Å²) in [5.74, 6) is 0. The third-order valence-corrected chi connectivity index (χ3v) is 1.92. The van der Waals surface area contributed by atoms with Crippen molar-refractivity contribution in [3.05, 3.63) is 23.8 Å². The lowest BCUT2D eigenvalue weighted by atomic mass is 10.0. The molecule has 0 radical (unpaired) electrons. The second-order valence-corrected chi connectivity index (χ2v) is 3.11. The van der Waals surface area contributed by atoms with E-state index in [4.69, 9.17) is 9.89 Å². The van der Waals surface area contributed by atoms with Crippen LogP contribution in [-0.2, 0) is 16.4 Å². The fourth-order valence-electron chi connectivity index (χ4n) is 0.999. The number of nitrogens with zero attached hydrogens (tertiary/aromatic N) is 2. The van der Waals surface area contributed by atoms with Gasteiger partial charge in [-0.1, -0.05) is 23.4 Å². The van der Waals surface area contributed by atoms with E-state index < -0.39 is 0 Å². The summed E-state index contributed by atoms with van der Waals surface area (Å²) in [6, 6.07) is 2.08. The van der Waals surface area contributed by atoms with Gasteiger partial charge in [0.1, 0.15) is 0 Å². The van der Waals surface area contributed by atoms with E-state index in [1.807, 2.05) is 18.2 Å². The third kappa shape index (κ3) is 3.06. The molecule has 1 aliphatic rings. The fraction of sp³-hybridized carbons (Fsp3) is 0.250. The Morgan fingerprint density at radius 2 is 2.62 bits per heavy atom. The molecule has 1 rings (SSSR count). The summed E-state index contributed by atoms with van der Waals surface area (Å²) in [6.07, 6.45) is 6.81. The zero-order valence-corrected chi connectivity index (χ0v) is 8.52. The van der Waals surface area contributed by atoms with Gasteiger partial charge in [0.25, 0.3) is 0 Å². The first-order valence-corrected chi connectivity index (χ1v) is 5.49. The number of rotatable bonds is 3. The van der Waals surface area contributed by atoms with Crippen molar-refractivity contribution in [3.8, 4) is 6.07 Å². The van der Waals surface area contributed by atoms with Crippen LogP contribution in [0.4, 0.5) is 0 Å². The third-order valence-electron chi connectivity index (χ3n) is 1.57. The van der Waals surface area contributed by atoms with Crippen LogP contribution >= 0.6 is 7.58 Å². The van der Waals surface area contributed by atoms with E-state index in [-0.39, 0.29) is 0 Å². The summed E-state index contributed by atoms with van der Waals surface area (Å²) in [5, 5.41) is 12.4. The smallest absolute Gasteiger partial charge is 0.239 e. The van der Waals surface area contributed by atoms with Crippen LogP contribution in [0.15, 0.2) is 29.0 Å². The molecule has 0 amide bonds. The van der Waals surface area contributed by atoms with Gasteiger partial charge in [0.2, 0.25) is 7.58 Å². The van der Waals surface area contributed by atoms with Crippen molar-refractivity contribution in [1.29, 1.82) is 5.26 Å². The second kappa shape index (κ2) is 5.58. The molecule has 0 saturated carbocycles. The van der Waals surface area contributed by atoms with Crippen molar-refractivity contribution in [3.63, 3.8) is 0 Å². The molecule has 1 aliphatic carbocycles. The maximum Gasteiger partial charge on any atom is 0.239 e. The summed E-state index contributed by atoms with van der Waals surface area (Å²) in [7, 11) is 0.356. The van der Waals surface area contributed by atoms with E-state index >= 15 is 0 Å². The molecular formula is C8H7N2OPS. The highest BCUT2D eigenvalue weighted by Crippen LogP contribution is 2.14. The predicted octanol–water partition coefficient (Wildman–Crippen LogP) is 2.48. The van der Waals surface area contributed by atoms with Gasteiger partial charge in [-0.25, -0.2) is 0 Å². The summed E-state index contributed by atoms with van der Waals surface area (Å²) in [4.78, 5) is 0. The number of hydrogen-bond donors (Lipinski definition) is 0. The van der Waals surface area contributed by atoms with Gasteiger partial charge in [-0.15, -0.1) is 0 Å². The van der Waals surface area contributed by atoms with Crippen LogP contribution in [0.25, 0.3) is 0 Å². The second-order valence-electron chi connectivity index (χ2n) is 2.35. The van der Waals surface area contributed by atoms with Gasteiger partial charge in [-0.05, 0) is 17.4 Å². The number of nitriles is 1. The van der Waals surface area contributed by atoms with Gasteiger partial charge in [0, 0.05) is 6.42 Å². The van der Waals surface area contributed by atoms with Crippen molar-refractivity contribution in [2.75, 3.05) is 0 Å². The highest BCUT2D eigenvalue weighted by molar-refractivity contribution is 7.94. The highest BCUT2D eigenvalue weighted by Gasteiger charge is 2.08. The van der Waals surface area contributed by atoms with Crippen LogP contribution in [-0.4, -0.2) is 5.71 Å². The predicted molar refractivity (Wildman–Crippen MR) is 54.9 cm³/mol. The molecule has 0 atom stereocenters. The molecule has 0 heterocycles. The maximum absolute atomic E-state index is 8.53. The molecule has 0 N–H and O–H groups in total. The van der Waals surface area contributed by atoms with Crippen LogP contribution in [0.3, 0.4) is 0 Å². The Balaban J connectivity index is 2.75. The Morgan fingerprint density at radius 1 is 1.77 bits per heavy atom. The van der Waals surface area contributed by atoms with E-state index in [1.54, 1.807) is 0 Å². The zero-order chi connectivity index (χ0) is 9.52. The molecule has 3 nitrogen and oxygen atoms in total. The minimum Gasteiger partial charge on any atom is -0.327 e. The topological polar surface area (TPSA) is 45.4 Å². The maximum atomic E-state index is 8.53. The van der Waals surface area contributed by atoms with Gasteiger partial charge in [-0.3, -0.25) is 0 Å². The van der Waals surface area contributed by atoms with Gasteiger partial charge in [0.15, 0.2) is 0 Å². The monoisotopic (exact) mass is 210 g/mol. The summed E-state index contributed by atoms with van der Waals surface area (Å²) >= 11 is 4.56. The lowest BCUT2D eigenvalue weighted by molar-refractivity contribution is 0.401. The molecule has 0 aliphatic heterocycles. The summed E-state index contributed by atoms with van der Waals surface area (Å²) < 4.78 is 4.74. The SMILES string of the molecule is N#CCC1=CC=CCC1=NOP=S. The Labute approximate surface area is 83.3 Å². The molecule has 0 fully saturated rings. The van der Waals surface area contributed by atoms with Crippen LogP contribution in [0.2, 0.25) is 0 Å². The average Bonchev–Trinajstić information content (AvgIpc) is 2.17. The Morgan fingerprint density at radius 3 is 3.31 bits per heavy atom. The van der Waals surface area contributed by atoms with Crippen molar-refractivity contribution >= 4 is 25.1 Å². The van der Waals surface area contributed by atoms with Gasteiger partial charge < -0.3 is 4.62 Å². The molecule has 0 aromatic carbocycles. The van der Waals surface area contributed by atoms with E-state index in [0.717, 1.165) is 11.3 Å². The molecule has 0 saturated heterocycles. The molecule has 66 valence electrons. The standard InChI is InChI=1S/C8H7N2OPS/c9-6-5-7-3-1-2-4-8(7)10-11-12-13/h1-3H,4-5H2. The summed E-state index contributed by atoms with van der Waals surface area (Å²) in [6.45, 7) is 0. The molecule has 13 heavy (non-hydrogen) atoms. The first kappa shape index (κ1) is 10.0. The highest BCUT2D eigenvalue weighted by atomic mass is 32.4. The van der Waals surface area contributed by atoms with Crippen molar-refractivity contribution < 1.29 is 4.62 Å². The lowest BCUT2D eigenvalue weighted by Gasteiger charge is -2.06. The van der Waals surface area contributed by atoms with Gasteiger partial charge in [-0.2, -0.15) is 5.26 Å². The van der Waals surface area contributed by atoms with Gasteiger partial charge in [0.05, 0.1) is 18.2 Å². The van der Waals surface area contributed by atoms with Gasteiger partial charge >= 0.3 is 0 Å². The average molecular weight is 210 g/mol. The fourth-order valence-corrected chi connectivity index (χ4v) is 1.23. The number of allylic oxidation sites excluding steroid dienone is 4. The quantitative estimate of drug-likeness (QED) is 0.531. The van der Waals surface area contributed by atoms with Crippen LogP contribution in [0.1, 0.15) is 12.8 Å². The van der Waals surface area contributed by atoms with Crippen molar-refractivity contribution in [1.82, 2.24) is 0 Å².